The van der Waals surface area contributed by atoms with Gasteiger partial charge < -0.3 is 18.9 Å². The fourth-order valence-corrected chi connectivity index (χ4v) is 26.7. The van der Waals surface area contributed by atoms with E-state index in [1.54, 1.807) is 19.1 Å². The molecule has 0 spiro atoms. The summed E-state index contributed by atoms with van der Waals surface area (Å²) in [6.07, 6.45) is -4.47. The van der Waals surface area contributed by atoms with Crippen LogP contribution < -0.4 is 65.6 Å². The summed E-state index contributed by atoms with van der Waals surface area (Å²) in [5.74, 6) is 3.07. The molecule has 0 saturated carbocycles. The topological polar surface area (TPSA) is 97.7 Å². The van der Waals surface area contributed by atoms with Crippen LogP contribution in [-0.2, 0) is 6.18 Å². The van der Waals surface area contributed by atoms with Crippen LogP contribution in [0.2, 0.25) is 0 Å². The summed E-state index contributed by atoms with van der Waals surface area (Å²) in [6.45, 7) is 14.4. The zero-order valence-corrected chi connectivity index (χ0v) is 85.6. The Balaban J connectivity index is 0.000000119. The van der Waals surface area contributed by atoms with Gasteiger partial charge in [0.2, 0.25) is 0 Å². The standard InChI is InChI=1S/C26H19Si.C22H17Si.C21H21Si.C11H8F3NO.3C10H9NO.C10H8O.4Al/c1-2-14-22(15-3-1)27(25-18-8-12-20-10-4-6-16-23(20)25)26-19-9-13-21-11-5-7-17-24(21)26;1-3-11-20(12-4-1)23(21-13-5-2-6-14-21)22-16-15-18-9-7-8-10-19(18)17-22;1-16-10-4-7-13-19(16)22(20-14-8-5-11-17(20)2)21-15-9-6-12-18(21)3;1-6-2-3-7-4-8(11(12,13)14)5-9(16)10(7)15-6;3*1-7-5-6-8-3-2-4-9(12)10(8)11-7;11-10-6-5-8-3-1-2-4-9(8)7-10;;;;/h1-19H;1-17H;4-15H,1-3H3;2-5,16H,1H3;3*2-6,12H,1H3;1-7,11H;;;;/q;;;;;;;;3*+1;+2/p-5. The van der Waals surface area contributed by atoms with Gasteiger partial charge in [-0.25, -0.2) is 19.9 Å². The highest BCUT2D eigenvalue weighted by atomic mass is 28.3. The van der Waals surface area contributed by atoms with Crippen LogP contribution in [0.15, 0.2) is 449 Å². The molecule has 0 aliphatic carbocycles. The van der Waals surface area contributed by atoms with E-state index in [4.69, 9.17) is 18.9 Å². The molecule has 4 heterocycles. The first-order valence-corrected chi connectivity index (χ1v) is 52.4. The fourth-order valence-electron chi connectivity index (χ4n) is 16.9. The summed E-state index contributed by atoms with van der Waals surface area (Å²) >= 11 is 5.66. The summed E-state index contributed by atoms with van der Waals surface area (Å²) in [6, 6.07) is 154. The maximum Gasteiger partial charge on any atom is 0.881 e. The summed E-state index contributed by atoms with van der Waals surface area (Å²) in [5.41, 5.74) is 10.2. The van der Waals surface area contributed by atoms with Crippen molar-refractivity contribution in [1.29, 1.82) is 0 Å². The van der Waals surface area contributed by atoms with Crippen LogP contribution in [-0.4, -0.2) is 112 Å². The second kappa shape index (κ2) is 47.5. The first-order chi connectivity index (χ1) is 67.8. The lowest BCUT2D eigenvalue weighted by Gasteiger charge is -2.22. The van der Waals surface area contributed by atoms with Crippen molar-refractivity contribution in [2.24, 2.45) is 0 Å². The lowest BCUT2D eigenvalue weighted by molar-refractivity contribution is -0.137. The molecule has 4 aromatic heterocycles. The summed E-state index contributed by atoms with van der Waals surface area (Å²) in [4.78, 5) is 17.6. The highest BCUT2D eigenvalue weighted by molar-refractivity contribution is 6.98. The number of nitrogens with zero attached hydrogens (tertiary/aromatic N) is 4. The zero-order valence-electron chi connectivity index (χ0n) is 78.0. The molecular formula is C120H95Al4F3N4O5Si3. The second-order valence-electron chi connectivity index (χ2n) is 33.3. The summed E-state index contributed by atoms with van der Waals surface area (Å²) < 4.78 is 66.3. The third-order valence-electron chi connectivity index (χ3n) is 23.7. The van der Waals surface area contributed by atoms with E-state index in [0.717, 1.165) is 89.9 Å². The molecule has 0 bridgehead atoms. The lowest BCUT2D eigenvalue weighted by atomic mass is 10.1. The van der Waals surface area contributed by atoms with Gasteiger partial charge in [0, 0.05) is 44.3 Å². The molecule has 670 valence electrons. The van der Waals surface area contributed by atoms with Crippen LogP contribution in [0, 0.1) is 48.5 Å². The van der Waals surface area contributed by atoms with E-state index in [0.29, 0.717) is 22.3 Å². The highest BCUT2D eigenvalue weighted by Gasteiger charge is 2.33. The number of aromatic nitrogens is 4. The molecule has 0 aliphatic heterocycles. The van der Waals surface area contributed by atoms with E-state index in [9.17, 15) is 13.2 Å². The van der Waals surface area contributed by atoms with E-state index >= 15 is 0 Å². The van der Waals surface area contributed by atoms with Crippen molar-refractivity contribution in [2.45, 2.75) is 54.6 Å². The van der Waals surface area contributed by atoms with Gasteiger partial charge >= 0.3 is 71.9 Å². The van der Waals surface area contributed by atoms with Gasteiger partial charge in [0.15, 0.2) is 26.4 Å². The van der Waals surface area contributed by atoms with Crippen molar-refractivity contribution in [3.8, 4) is 28.7 Å². The molecule has 0 saturated heterocycles. The van der Waals surface area contributed by atoms with Crippen LogP contribution in [0.5, 0.6) is 28.7 Å². The van der Waals surface area contributed by atoms with Crippen molar-refractivity contribution >= 4 is 226 Å². The molecule has 0 aliphatic rings. The molecule has 22 aromatic rings. The molecule has 0 amide bonds. The third kappa shape index (κ3) is 24.9. The Bertz CT molecular complexity index is 7540. The molecule has 139 heavy (non-hydrogen) atoms. The molecule has 18 aromatic carbocycles. The number of para-hydroxylation sites is 3. The van der Waals surface area contributed by atoms with E-state index in [1.165, 1.54) is 95.7 Å². The van der Waals surface area contributed by atoms with Gasteiger partial charge in [-0.05, 0) is 189 Å². The minimum Gasteiger partial charge on any atom is -0.652 e. The quantitative estimate of drug-likeness (QED) is 0.0692. The normalized spacial score (nSPS) is 10.9. The summed E-state index contributed by atoms with van der Waals surface area (Å²) in [5, 5.41) is 26.9. The number of hydrogen-bond donors (Lipinski definition) is 0. The Kier molecular flexibility index (Phi) is 33.6. The van der Waals surface area contributed by atoms with Crippen molar-refractivity contribution < 1.29 is 32.1 Å². The van der Waals surface area contributed by atoms with E-state index < -0.39 is 54.0 Å². The molecule has 0 unspecified atom stereocenters. The van der Waals surface area contributed by atoms with Gasteiger partial charge in [0.25, 0.3) is 0 Å². The first kappa shape index (κ1) is 98.3. The lowest BCUT2D eigenvalue weighted by Crippen LogP contribution is -2.54. The number of benzene rings is 18. The average molecular weight is 1920 g/mol. The minimum atomic E-state index is -4.47. The molecule has 10 radical (unpaired) electrons. The fraction of sp³-hybridized carbons (Fsp3) is 0.0667. The van der Waals surface area contributed by atoms with Crippen LogP contribution in [0.4, 0.5) is 13.2 Å². The number of halogens is 3. The van der Waals surface area contributed by atoms with Crippen molar-refractivity contribution in [3.63, 3.8) is 0 Å². The Labute approximate surface area is 847 Å². The van der Waals surface area contributed by atoms with Gasteiger partial charge in [-0.2, -0.15) is 13.2 Å². The average Bonchev–Trinajstić information content (AvgIpc) is 0.749. The van der Waals surface area contributed by atoms with E-state index in [1.807, 2.05) is 154 Å². The van der Waals surface area contributed by atoms with Gasteiger partial charge in [0.05, 0.1) is 11.3 Å². The predicted molar refractivity (Wildman–Crippen MR) is 580 cm³/mol. The van der Waals surface area contributed by atoms with Crippen molar-refractivity contribution in [2.75, 3.05) is 0 Å². The number of rotatable bonds is 16. The Morgan fingerprint density at radius 2 is 0.540 bits per heavy atom. The van der Waals surface area contributed by atoms with Crippen molar-refractivity contribution in [3.05, 3.63) is 494 Å². The van der Waals surface area contributed by atoms with Crippen LogP contribution in [0.3, 0.4) is 0 Å². The third-order valence-corrected chi connectivity index (χ3v) is 34.1. The van der Waals surface area contributed by atoms with Crippen LogP contribution >= 0.6 is 0 Å². The zero-order chi connectivity index (χ0) is 96.6. The molecule has 0 N–H and O–H groups in total. The van der Waals surface area contributed by atoms with Gasteiger partial charge in [-0.15, -0.1) is 0 Å². The highest BCUT2D eigenvalue weighted by Crippen LogP contribution is 2.37. The maximum atomic E-state index is 13.2. The van der Waals surface area contributed by atoms with E-state index in [2.05, 4.69) is 382 Å². The Morgan fingerprint density at radius 3 is 0.942 bits per heavy atom. The van der Waals surface area contributed by atoms with Crippen molar-refractivity contribution in [1.82, 2.24) is 19.9 Å². The molecule has 19 heteroatoms. The number of pyridine rings is 4. The molecule has 0 fully saturated rings. The Hall–Kier alpha value is -13.8. The van der Waals surface area contributed by atoms with Crippen LogP contribution in [0.1, 0.15) is 45.0 Å². The smallest absolute Gasteiger partial charge is 0.652 e. The van der Waals surface area contributed by atoms with Crippen LogP contribution in [0.25, 0.3) is 86.7 Å². The maximum absolute atomic E-state index is 13.2. The number of aryl methyl sites for hydroxylation is 7. The largest absolute Gasteiger partial charge is 0.881 e. The minimum absolute atomic E-state index is 0.0734. The number of alkyl halides is 3. The van der Waals surface area contributed by atoms with E-state index in [-0.39, 0.29) is 5.75 Å². The summed E-state index contributed by atoms with van der Waals surface area (Å²) in [7, 11) is -3.06. The number of fused-ring (bicyclic) bond motifs is 8. The van der Waals surface area contributed by atoms with Gasteiger partial charge in [-0.3, -0.25) is 0 Å². The predicted octanol–water partition coefficient (Wildman–Crippen LogP) is 22.7. The SMILES string of the molecule is Cc1ccc2cc(C(F)(F)F)cc([O][Al][O]c3ccc4ccccc4c3)c2n1.Cc1ccc2cccc([O][Al])c2n1.Cc1ccc2cccc([O][Al])c2n1.Cc1ccc2cccc([O][Al])c2n1.Cc1ccccc1[Si](c1ccccc1C)c1ccccc1C.c1ccc([Si](c2cccc3ccccc23)c2cccc3ccccc23)cc1.c1ccc([Si](c2ccccc2)c2ccc3ccccc3c2)cc1. The first-order valence-electron chi connectivity index (χ1n) is 45.6. The number of hydrogen-bond acceptors (Lipinski definition) is 9. The van der Waals surface area contributed by atoms with Gasteiger partial charge in [-0.1, -0.05) is 414 Å². The molecular weight excluding hydrogens is 1830 g/mol. The second-order valence-corrected chi connectivity index (χ2v) is 41.9. The molecule has 0 atom stereocenters. The molecule has 9 nitrogen and oxygen atoms in total. The Morgan fingerprint density at radius 1 is 0.230 bits per heavy atom. The monoisotopic (exact) mass is 1920 g/mol. The molecule has 22 rings (SSSR count). The van der Waals surface area contributed by atoms with Gasteiger partial charge in [0.1, 0.15) is 45.1 Å².